The fourth-order valence-corrected chi connectivity index (χ4v) is 2.02. The second-order valence-electron chi connectivity index (χ2n) is 4.47. The van der Waals surface area contributed by atoms with Gasteiger partial charge in [0.2, 0.25) is 5.91 Å². The molecule has 0 bridgehead atoms. The first kappa shape index (κ1) is 17.6. The maximum atomic E-state index is 12.4. The molecule has 1 rings (SSSR count). The summed E-state index contributed by atoms with van der Waals surface area (Å²) < 4.78 is 42.2. The lowest BCUT2D eigenvalue weighted by atomic mass is 10.1. The minimum Gasteiger partial charge on any atom is -0.497 e. The van der Waals surface area contributed by atoms with E-state index in [0.29, 0.717) is 12.2 Å². The normalized spacial score (nSPS) is 11.3. The molecule has 0 saturated heterocycles. The Hall–Kier alpha value is -1.43. The number of benzene rings is 1. The fourth-order valence-electron chi connectivity index (χ4n) is 1.81. The van der Waals surface area contributed by atoms with E-state index in [0.717, 1.165) is 10.5 Å². The van der Waals surface area contributed by atoms with Crippen LogP contribution in [0.3, 0.4) is 0 Å². The molecule has 21 heavy (non-hydrogen) atoms. The predicted molar refractivity (Wildman–Crippen MR) is 74.7 cm³/mol. The Morgan fingerprint density at radius 1 is 1.29 bits per heavy atom. The molecule has 0 saturated carbocycles. The van der Waals surface area contributed by atoms with Gasteiger partial charge in [-0.25, -0.2) is 0 Å². The van der Waals surface area contributed by atoms with Crippen LogP contribution in [-0.2, 0) is 11.2 Å². The highest BCUT2D eigenvalue weighted by Gasteiger charge is 2.32. The van der Waals surface area contributed by atoms with E-state index >= 15 is 0 Å². The van der Waals surface area contributed by atoms with Gasteiger partial charge in [-0.15, -0.1) is 11.6 Å². The Morgan fingerprint density at radius 2 is 1.90 bits per heavy atom. The smallest absolute Gasteiger partial charge is 0.406 e. The van der Waals surface area contributed by atoms with Crippen molar-refractivity contribution in [2.24, 2.45) is 0 Å². The van der Waals surface area contributed by atoms with Crippen molar-refractivity contribution in [1.82, 2.24) is 4.90 Å². The van der Waals surface area contributed by atoms with E-state index in [4.69, 9.17) is 16.3 Å². The summed E-state index contributed by atoms with van der Waals surface area (Å²) >= 11 is 5.44. The van der Waals surface area contributed by atoms with Crippen LogP contribution in [0.1, 0.15) is 12.0 Å². The summed E-state index contributed by atoms with van der Waals surface area (Å²) in [6, 6.07) is 7.04. The molecular weight excluding hydrogens is 307 g/mol. The summed E-state index contributed by atoms with van der Waals surface area (Å²) in [5.41, 5.74) is 0.863. The Kier molecular flexibility index (Phi) is 6.81. The number of halogens is 4. The van der Waals surface area contributed by atoms with Crippen LogP contribution in [0.2, 0.25) is 0 Å². The van der Waals surface area contributed by atoms with Gasteiger partial charge in [0.25, 0.3) is 0 Å². The van der Waals surface area contributed by atoms with Crippen molar-refractivity contribution in [1.29, 1.82) is 0 Å². The van der Waals surface area contributed by atoms with E-state index in [1.54, 1.807) is 31.4 Å². The third kappa shape index (κ3) is 6.71. The standard InChI is InChI=1S/C14H17ClF3NO2/c1-21-12-5-2-11(3-6-12)4-7-13(20)19(9-8-15)10-14(16,17)18/h2-3,5-6H,4,7-10H2,1H3. The number of alkyl halides is 4. The number of methoxy groups -OCH3 is 1. The van der Waals surface area contributed by atoms with Gasteiger partial charge in [0.1, 0.15) is 12.3 Å². The molecule has 0 unspecified atom stereocenters. The zero-order valence-electron chi connectivity index (χ0n) is 11.6. The minimum absolute atomic E-state index is 0.0132. The highest BCUT2D eigenvalue weighted by Crippen LogP contribution is 2.18. The number of hydrogen-bond donors (Lipinski definition) is 0. The molecule has 0 heterocycles. The summed E-state index contributed by atoms with van der Waals surface area (Å²) in [5.74, 6) is 0.111. The molecule has 0 radical (unpaired) electrons. The molecule has 1 amide bonds. The molecule has 1 aromatic rings. The summed E-state index contributed by atoms with van der Waals surface area (Å²) in [4.78, 5) is 12.6. The lowest BCUT2D eigenvalue weighted by Crippen LogP contribution is -2.40. The Labute approximate surface area is 126 Å². The van der Waals surface area contributed by atoms with E-state index in [9.17, 15) is 18.0 Å². The highest BCUT2D eigenvalue weighted by atomic mass is 35.5. The largest absolute Gasteiger partial charge is 0.497 e. The summed E-state index contributed by atoms with van der Waals surface area (Å²) in [6.45, 7) is -1.37. The predicted octanol–water partition coefficient (Wildman–Crippen LogP) is 3.26. The van der Waals surface area contributed by atoms with Gasteiger partial charge < -0.3 is 9.64 Å². The number of ether oxygens (including phenoxy) is 1. The molecule has 0 aliphatic heterocycles. The highest BCUT2D eigenvalue weighted by molar-refractivity contribution is 6.18. The third-order valence-electron chi connectivity index (χ3n) is 2.86. The number of carbonyl (C=O) groups is 1. The first-order chi connectivity index (χ1) is 9.85. The average molecular weight is 324 g/mol. The van der Waals surface area contributed by atoms with Crippen molar-refractivity contribution >= 4 is 17.5 Å². The van der Waals surface area contributed by atoms with Crippen LogP contribution < -0.4 is 4.74 Å². The molecular formula is C14H17ClF3NO2. The van der Waals surface area contributed by atoms with Crippen molar-refractivity contribution in [3.05, 3.63) is 29.8 Å². The molecule has 0 N–H and O–H groups in total. The number of amides is 1. The molecule has 0 aliphatic carbocycles. The van der Waals surface area contributed by atoms with Crippen molar-refractivity contribution in [3.63, 3.8) is 0 Å². The first-order valence-electron chi connectivity index (χ1n) is 6.39. The topological polar surface area (TPSA) is 29.5 Å². The molecule has 118 valence electrons. The summed E-state index contributed by atoms with van der Waals surface area (Å²) in [5, 5.41) is 0. The maximum Gasteiger partial charge on any atom is 0.406 e. The van der Waals surface area contributed by atoms with Crippen LogP contribution in [-0.4, -0.2) is 43.1 Å². The molecule has 0 fully saturated rings. The van der Waals surface area contributed by atoms with E-state index < -0.39 is 18.6 Å². The Bertz CT molecular complexity index is 449. The lowest BCUT2D eigenvalue weighted by Gasteiger charge is -2.23. The molecule has 1 aromatic carbocycles. The van der Waals surface area contributed by atoms with Crippen LogP contribution in [0.4, 0.5) is 13.2 Å². The number of hydrogen-bond acceptors (Lipinski definition) is 2. The first-order valence-corrected chi connectivity index (χ1v) is 6.92. The molecule has 0 spiro atoms. The van der Waals surface area contributed by atoms with Crippen LogP contribution in [0, 0.1) is 0 Å². The van der Waals surface area contributed by atoms with Crippen LogP contribution in [0.5, 0.6) is 5.75 Å². The van der Waals surface area contributed by atoms with Crippen molar-refractivity contribution in [2.75, 3.05) is 26.1 Å². The third-order valence-corrected chi connectivity index (χ3v) is 3.03. The molecule has 3 nitrogen and oxygen atoms in total. The second-order valence-corrected chi connectivity index (χ2v) is 4.85. The Balaban J connectivity index is 2.55. The quantitative estimate of drug-likeness (QED) is 0.721. The number of aryl methyl sites for hydroxylation is 1. The summed E-state index contributed by atoms with van der Waals surface area (Å²) in [6.07, 6.45) is -4.03. The van der Waals surface area contributed by atoms with Crippen LogP contribution in [0.15, 0.2) is 24.3 Å². The Morgan fingerprint density at radius 3 is 2.38 bits per heavy atom. The maximum absolute atomic E-state index is 12.4. The molecule has 7 heteroatoms. The number of rotatable bonds is 7. The molecule has 0 aliphatic rings. The van der Waals surface area contributed by atoms with Crippen molar-refractivity contribution in [2.45, 2.75) is 19.0 Å². The van der Waals surface area contributed by atoms with Crippen molar-refractivity contribution < 1.29 is 22.7 Å². The van der Waals surface area contributed by atoms with Gasteiger partial charge in [0, 0.05) is 18.8 Å². The van der Waals surface area contributed by atoms with Gasteiger partial charge in [-0.1, -0.05) is 12.1 Å². The van der Waals surface area contributed by atoms with Gasteiger partial charge in [-0.2, -0.15) is 13.2 Å². The van der Waals surface area contributed by atoms with Gasteiger partial charge >= 0.3 is 6.18 Å². The fraction of sp³-hybridized carbons (Fsp3) is 0.500. The van der Waals surface area contributed by atoms with E-state index in [1.165, 1.54) is 0 Å². The van der Waals surface area contributed by atoms with Crippen LogP contribution >= 0.6 is 11.6 Å². The lowest BCUT2D eigenvalue weighted by molar-refractivity contribution is -0.160. The van der Waals surface area contributed by atoms with Crippen molar-refractivity contribution in [3.8, 4) is 5.75 Å². The van der Waals surface area contributed by atoms with Gasteiger partial charge in [0.15, 0.2) is 0 Å². The van der Waals surface area contributed by atoms with Gasteiger partial charge in [-0.3, -0.25) is 4.79 Å². The number of nitrogens with zero attached hydrogens (tertiary/aromatic N) is 1. The van der Waals surface area contributed by atoms with E-state index in [-0.39, 0.29) is 18.8 Å². The SMILES string of the molecule is COc1ccc(CCC(=O)N(CCCl)CC(F)(F)F)cc1. The van der Waals surface area contributed by atoms with Gasteiger partial charge in [-0.05, 0) is 24.1 Å². The summed E-state index contributed by atoms with van der Waals surface area (Å²) in [7, 11) is 1.54. The van der Waals surface area contributed by atoms with E-state index in [1.807, 2.05) is 0 Å². The number of carbonyl (C=O) groups excluding carboxylic acids is 1. The molecule has 0 atom stereocenters. The zero-order valence-corrected chi connectivity index (χ0v) is 12.4. The minimum atomic E-state index is -4.41. The monoisotopic (exact) mass is 323 g/mol. The average Bonchev–Trinajstić information content (AvgIpc) is 2.43. The second kappa shape index (κ2) is 8.12. The molecule has 0 aromatic heterocycles. The zero-order chi connectivity index (χ0) is 15.9. The van der Waals surface area contributed by atoms with Gasteiger partial charge in [0.05, 0.1) is 7.11 Å². The van der Waals surface area contributed by atoms with E-state index in [2.05, 4.69) is 0 Å². The van der Waals surface area contributed by atoms with Crippen LogP contribution in [0.25, 0.3) is 0 Å².